The van der Waals surface area contributed by atoms with E-state index in [1.54, 1.807) is 12.1 Å². The minimum atomic E-state index is -4.05. The van der Waals surface area contributed by atoms with Crippen LogP contribution in [0.4, 0.5) is 13.2 Å². The summed E-state index contributed by atoms with van der Waals surface area (Å²) in [5, 5.41) is -4.05. The topological polar surface area (TPSA) is 0 Å². The predicted molar refractivity (Wildman–Crippen MR) is 45.6 cm³/mol. The summed E-state index contributed by atoms with van der Waals surface area (Å²) in [7, 11) is 0. The van der Waals surface area contributed by atoms with Crippen molar-refractivity contribution in [3.8, 4) is 0 Å². The molecule has 12 heavy (non-hydrogen) atoms. The predicted octanol–water partition coefficient (Wildman–Crippen LogP) is 2.30. The van der Waals surface area contributed by atoms with Crippen molar-refractivity contribution in [2.45, 2.75) is 5.07 Å². The van der Waals surface area contributed by atoms with Crippen molar-refractivity contribution in [3.05, 3.63) is 28.7 Å². The Bertz CT molecular complexity index is 254. The van der Waals surface area contributed by atoms with E-state index in [9.17, 15) is 13.2 Å². The minimum absolute atomic E-state index is 0.346. The van der Waals surface area contributed by atoms with Crippen molar-refractivity contribution in [2.75, 3.05) is 0 Å². The fraction of sp³-hybridized carbons (Fsp3) is 0.143. The van der Waals surface area contributed by atoms with Gasteiger partial charge in [-0.25, -0.2) is 0 Å². The molecule has 0 amide bonds. The molecule has 0 radical (unpaired) electrons. The summed E-state index contributed by atoms with van der Waals surface area (Å²) in [5.74, 6) is 0. The standard InChI is InChI=1S/C7H4BrF3Se/c8-5-1-3-6(4-2-5)12-7(9,10)11/h1-4H. The van der Waals surface area contributed by atoms with Crippen molar-refractivity contribution < 1.29 is 13.2 Å². The normalized spacial score (nSPS) is 11.7. The van der Waals surface area contributed by atoms with Crippen LogP contribution in [0.5, 0.6) is 0 Å². The van der Waals surface area contributed by atoms with E-state index in [1.165, 1.54) is 12.1 Å². The Morgan fingerprint density at radius 1 is 1.08 bits per heavy atom. The fourth-order valence-corrected chi connectivity index (χ4v) is 2.03. The Hall–Kier alpha value is 0.00948. The molecule has 0 saturated carbocycles. The van der Waals surface area contributed by atoms with Crippen LogP contribution in [0, 0.1) is 0 Å². The third-order valence-corrected chi connectivity index (χ3v) is 3.13. The first-order valence-corrected chi connectivity index (χ1v) is 5.49. The summed E-state index contributed by atoms with van der Waals surface area (Å²) < 4.78 is 36.7. The molecule has 0 aromatic heterocycles. The molecule has 0 aliphatic carbocycles. The molecule has 5 heteroatoms. The van der Waals surface area contributed by atoms with Gasteiger partial charge in [-0.15, -0.1) is 0 Å². The summed E-state index contributed by atoms with van der Waals surface area (Å²) in [4.78, 5) is 0. The Labute approximate surface area is 82.4 Å². The summed E-state index contributed by atoms with van der Waals surface area (Å²) in [6.07, 6.45) is 0. The zero-order chi connectivity index (χ0) is 9.19. The van der Waals surface area contributed by atoms with E-state index in [1.807, 2.05) is 0 Å². The number of halogens is 4. The van der Waals surface area contributed by atoms with E-state index in [4.69, 9.17) is 0 Å². The van der Waals surface area contributed by atoms with Crippen LogP contribution in [0.25, 0.3) is 0 Å². The van der Waals surface area contributed by atoms with Crippen LogP contribution in [-0.2, 0) is 0 Å². The van der Waals surface area contributed by atoms with Crippen LogP contribution in [0.2, 0.25) is 0 Å². The fourth-order valence-electron chi connectivity index (χ4n) is 0.636. The number of hydrogen-bond acceptors (Lipinski definition) is 0. The molecule has 1 rings (SSSR count). The van der Waals surface area contributed by atoms with Gasteiger partial charge in [-0.2, -0.15) is 0 Å². The molecule has 0 heterocycles. The van der Waals surface area contributed by atoms with Crippen LogP contribution in [0.1, 0.15) is 0 Å². The zero-order valence-corrected chi connectivity index (χ0v) is 9.03. The first-order chi connectivity index (χ1) is 5.47. The molecule has 0 atom stereocenters. The van der Waals surface area contributed by atoms with E-state index in [-0.39, 0.29) is 0 Å². The average molecular weight is 304 g/mol. The third-order valence-electron chi connectivity index (χ3n) is 1.05. The molecular weight excluding hydrogens is 300 g/mol. The van der Waals surface area contributed by atoms with Crippen LogP contribution in [0.15, 0.2) is 28.7 Å². The van der Waals surface area contributed by atoms with Crippen LogP contribution in [0.3, 0.4) is 0 Å². The maximum absolute atomic E-state index is 11.9. The summed E-state index contributed by atoms with van der Waals surface area (Å²) in [5.41, 5.74) is 0. The molecule has 0 unspecified atom stereocenters. The SMILES string of the molecule is FC(F)(F)[Se]c1ccc(Br)cc1. The van der Waals surface area contributed by atoms with Crippen molar-refractivity contribution in [3.63, 3.8) is 0 Å². The Kier molecular flexibility index (Phi) is 3.21. The van der Waals surface area contributed by atoms with E-state index >= 15 is 0 Å². The second kappa shape index (κ2) is 3.81. The molecule has 0 aliphatic heterocycles. The molecule has 0 aliphatic rings. The molecule has 0 bridgehead atoms. The second-order valence-corrected chi connectivity index (χ2v) is 5.31. The van der Waals surface area contributed by atoms with Gasteiger partial charge in [0.05, 0.1) is 0 Å². The van der Waals surface area contributed by atoms with E-state index < -0.39 is 20.0 Å². The summed E-state index contributed by atoms with van der Waals surface area (Å²) in [6.45, 7) is 0. The monoisotopic (exact) mass is 304 g/mol. The molecule has 1 aromatic rings. The average Bonchev–Trinajstić information content (AvgIpc) is 1.91. The van der Waals surface area contributed by atoms with Gasteiger partial charge in [-0.05, 0) is 0 Å². The molecule has 0 nitrogen and oxygen atoms in total. The van der Waals surface area contributed by atoms with Crippen LogP contribution >= 0.6 is 15.9 Å². The first-order valence-electron chi connectivity index (χ1n) is 2.99. The Balaban J connectivity index is 2.71. The quantitative estimate of drug-likeness (QED) is 0.699. The second-order valence-electron chi connectivity index (χ2n) is 2.00. The van der Waals surface area contributed by atoms with Crippen LogP contribution < -0.4 is 4.46 Å². The van der Waals surface area contributed by atoms with Crippen molar-refractivity contribution >= 4 is 35.3 Å². The van der Waals surface area contributed by atoms with Crippen molar-refractivity contribution in [2.24, 2.45) is 0 Å². The van der Waals surface area contributed by atoms with Gasteiger partial charge < -0.3 is 0 Å². The Morgan fingerprint density at radius 3 is 2.00 bits per heavy atom. The number of hydrogen-bond donors (Lipinski definition) is 0. The number of benzene rings is 1. The van der Waals surface area contributed by atoms with Gasteiger partial charge in [-0.3, -0.25) is 0 Å². The van der Waals surface area contributed by atoms with Crippen molar-refractivity contribution in [1.29, 1.82) is 0 Å². The van der Waals surface area contributed by atoms with Gasteiger partial charge in [0.2, 0.25) is 0 Å². The molecule has 1 aromatic carbocycles. The van der Waals surface area contributed by atoms with Gasteiger partial charge in [0.25, 0.3) is 0 Å². The van der Waals surface area contributed by atoms with Crippen LogP contribution in [-0.4, -0.2) is 20.0 Å². The molecule has 0 N–H and O–H groups in total. The first kappa shape index (κ1) is 10.1. The number of alkyl halides is 3. The summed E-state index contributed by atoms with van der Waals surface area (Å²) in [6, 6.07) is 6.20. The van der Waals surface area contributed by atoms with Crippen molar-refractivity contribution in [1.82, 2.24) is 0 Å². The Morgan fingerprint density at radius 2 is 1.58 bits per heavy atom. The van der Waals surface area contributed by atoms with Gasteiger partial charge in [-0.1, -0.05) is 0 Å². The molecule has 0 saturated heterocycles. The summed E-state index contributed by atoms with van der Waals surface area (Å²) >= 11 is 1.73. The van der Waals surface area contributed by atoms with E-state index in [0.29, 0.717) is 4.46 Å². The van der Waals surface area contributed by atoms with Gasteiger partial charge in [0.15, 0.2) is 0 Å². The molecule has 66 valence electrons. The van der Waals surface area contributed by atoms with Gasteiger partial charge >= 0.3 is 82.3 Å². The van der Waals surface area contributed by atoms with E-state index in [2.05, 4.69) is 15.9 Å². The third kappa shape index (κ3) is 3.61. The molecular formula is C7H4BrF3Se. The molecule has 0 spiro atoms. The maximum atomic E-state index is 11.9. The van der Waals surface area contributed by atoms with Gasteiger partial charge in [0, 0.05) is 0 Å². The van der Waals surface area contributed by atoms with E-state index in [0.717, 1.165) is 4.47 Å². The molecule has 0 fully saturated rings. The number of rotatable bonds is 1. The van der Waals surface area contributed by atoms with Gasteiger partial charge in [0.1, 0.15) is 0 Å². The zero-order valence-electron chi connectivity index (χ0n) is 5.73.